The minimum atomic E-state index is -1.85. The predicted molar refractivity (Wildman–Crippen MR) is 186 cm³/mol. The van der Waals surface area contributed by atoms with E-state index in [-0.39, 0.29) is 81.4 Å². The average molecular weight is 797 g/mol. The first-order valence-corrected chi connectivity index (χ1v) is 18.4. The van der Waals surface area contributed by atoms with E-state index in [0.717, 1.165) is 55.0 Å². The third kappa shape index (κ3) is 8.48. The molecule has 3 aliphatic rings. The van der Waals surface area contributed by atoms with E-state index in [1.54, 1.807) is 4.90 Å². The van der Waals surface area contributed by atoms with E-state index in [1.807, 2.05) is 0 Å². The van der Waals surface area contributed by atoms with E-state index in [2.05, 4.69) is 36.1 Å². The number of benzene rings is 1. The van der Waals surface area contributed by atoms with Crippen LogP contribution in [0, 0.1) is 5.92 Å². The van der Waals surface area contributed by atoms with Crippen molar-refractivity contribution in [3.05, 3.63) is 45.2 Å². The first-order chi connectivity index (χ1) is 24.7. The number of aromatic nitrogens is 5. The number of carbonyl (C=O) groups is 4. The normalized spacial score (nSPS) is 19.6. The number of oxime groups is 1. The number of anilines is 1. The van der Waals surface area contributed by atoms with Crippen molar-refractivity contribution < 1.29 is 73.4 Å². The number of halogens is 1. The molecule has 1 aromatic carbocycles. The number of Topliss-reactive ketones (excluding diaryl/α,β-unsaturated/α-hetero) is 1. The summed E-state index contributed by atoms with van der Waals surface area (Å²) in [5.41, 5.74) is 5.17. The van der Waals surface area contributed by atoms with Crippen molar-refractivity contribution in [2.75, 3.05) is 44.2 Å². The molecule has 2 amide bonds. The Morgan fingerprint density at radius 3 is 2.60 bits per heavy atom. The number of tetrazole rings is 1. The summed E-state index contributed by atoms with van der Waals surface area (Å²) in [5.74, 6) is -3.93. The quantitative estimate of drug-likeness (QED) is 0.0319. The summed E-state index contributed by atoms with van der Waals surface area (Å²) in [6.45, 7) is 5.47. The molecule has 0 radical (unpaired) electrons. The number of thiazole rings is 1. The van der Waals surface area contributed by atoms with Crippen LogP contribution < -0.4 is 50.8 Å². The topological polar surface area (TPSA) is 260 Å². The van der Waals surface area contributed by atoms with Crippen LogP contribution in [-0.2, 0) is 19.2 Å². The number of ketones is 1. The zero-order valence-electron chi connectivity index (χ0n) is 28.9. The van der Waals surface area contributed by atoms with E-state index in [4.69, 9.17) is 22.2 Å². The molecule has 5 heterocycles. The van der Waals surface area contributed by atoms with Crippen LogP contribution in [0.3, 0.4) is 0 Å². The van der Waals surface area contributed by atoms with Crippen LogP contribution in [0.15, 0.2) is 28.2 Å². The molecular weight excluding hydrogens is 763 g/mol. The number of carboxylic acid groups (broad SMARTS) is 1. The zero-order chi connectivity index (χ0) is 37.4. The van der Waals surface area contributed by atoms with Gasteiger partial charge in [-0.3, -0.25) is 29.6 Å². The minimum absolute atomic E-state index is 0. The number of nitrogen functional groups attached to an aromatic ring is 1. The Balaban J connectivity index is 0.00000541. The number of carbonyl (C=O) groups excluding carboxylic acids is 4. The molecule has 3 aliphatic heterocycles. The number of thioether (sulfide) groups is 1. The van der Waals surface area contributed by atoms with Gasteiger partial charge in [-0.15, -0.1) is 23.1 Å². The molecule has 0 unspecified atom stereocenters. The van der Waals surface area contributed by atoms with Crippen molar-refractivity contribution in [3.63, 3.8) is 0 Å². The fourth-order valence-electron chi connectivity index (χ4n) is 6.42. The number of carboxylic acids is 1. The van der Waals surface area contributed by atoms with E-state index in [0.29, 0.717) is 29.0 Å². The first-order valence-electron chi connectivity index (χ1n) is 16.1. The van der Waals surface area contributed by atoms with Crippen molar-refractivity contribution in [1.29, 1.82) is 0 Å². The van der Waals surface area contributed by atoms with Crippen molar-refractivity contribution >= 4 is 74.8 Å². The number of rotatable bonds is 14. The van der Waals surface area contributed by atoms with Gasteiger partial charge in [-0.25, -0.2) is 4.98 Å². The van der Waals surface area contributed by atoms with Crippen molar-refractivity contribution in [2.24, 2.45) is 11.1 Å². The first kappa shape index (κ1) is 40.4. The summed E-state index contributed by atoms with van der Waals surface area (Å²) >= 11 is 8.68. The summed E-state index contributed by atoms with van der Waals surface area (Å²) in [6, 6.07) is 2.22. The summed E-state index contributed by atoms with van der Waals surface area (Å²) in [7, 11) is 0. The number of hydrogen-bond donors (Lipinski definition) is 4. The van der Waals surface area contributed by atoms with Gasteiger partial charge in [-0.2, -0.15) is 5.21 Å². The van der Waals surface area contributed by atoms with Gasteiger partial charge in [0.25, 0.3) is 5.91 Å². The SMILES string of the molecule is CC(C)(O/N=C(\C(=O)C[C@@H]1C(=O)N2C(c3nnn[n-]3)=C(C[N+]3(CCNC(=O)c4cc(O)c(O)cc4Cl)CCCC3)CS[C@H]12)c1csc(N)n1)C(=O)[O-].[Na+]. The molecule has 3 aromatic rings. The van der Waals surface area contributed by atoms with Gasteiger partial charge in [-0.1, -0.05) is 16.8 Å². The molecule has 276 valence electrons. The summed E-state index contributed by atoms with van der Waals surface area (Å²) < 4.78 is 0.614. The fourth-order valence-corrected chi connectivity index (χ4v) is 8.61. The molecule has 0 aliphatic carbocycles. The number of aliphatic carboxylic acids is 1. The maximum absolute atomic E-state index is 13.9. The standard InChI is InChI=1S/C31H35ClN10O8S2.Na/c1-31(2,29(48)49)50-38-23(19-14-52-30(33)35-19)22(45)10-17-27(47)41-24(25-36-39-40-37-25)15(13-51-28(17)41)12-42(6-3-4-7-42)8-5-34-26(46)16-9-20(43)21(44)11-18(16)32;/h9,11,14,17,28H,3-8,10,12-13H2,1-2H3,(H6-,33,34,35,36,37,38,39,40,43,44,45,46,48,49);/q;+1/p-1/t17-,28-;/m1./s1. The van der Waals surface area contributed by atoms with Crippen LogP contribution in [0.25, 0.3) is 5.70 Å². The maximum Gasteiger partial charge on any atom is 1.00 e. The second-order valence-corrected chi connectivity index (χ2v) is 15.6. The maximum atomic E-state index is 13.9. The van der Waals surface area contributed by atoms with Crippen LogP contribution in [0.5, 0.6) is 11.5 Å². The number of β-lactam (4-membered cyclic amide) rings is 1. The fraction of sp³-hybridized carbons (Fsp3) is 0.452. The molecule has 2 saturated heterocycles. The van der Waals surface area contributed by atoms with Crippen LogP contribution in [0.4, 0.5) is 5.13 Å². The third-order valence-corrected chi connectivity index (χ3v) is 11.6. The molecule has 2 fully saturated rings. The second-order valence-electron chi connectivity index (χ2n) is 13.2. The summed E-state index contributed by atoms with van der Waals surface area (Å²) in [5, 5.41) is 54.4. The molecular formula is C31H34ClN10NaO8S2. The van der Waals surface area contributed by atoms with E-state index >= 15 is 0 Å². The molecule has 2 atom stereocenters. The summed E-state index contributed by atoms with van der Waals surface area (Å²) in [4.78, 5) is 62.8. The van der Waals surface area contributed by atoms with Crippen molar-refractivity contribution in [1.82, 2.24) is 35.8 Å². The third-order valence-electron chi connectivity index (χ3n) is 9.20. The monoisotopic (exact) mass is 796 g/mol. The van der Waals surface area contributed by atoms with Gasteiger partial charge in [0.2, 0.25) is 5.91 Å². The van der Waals surface area contributed by atoms with Crippen molar-refractivity contribution in [3.8, 4) is 11.5 Å². The van der Waals surface area contributed by atoms with Gasteiger partial charge in [0.15, 0.2) is 33.7 Å². The largest absolute Gasteiger partial charge is 1.00 e. The van der Waals surface area contributed by atoms with Gasteiger partial charge in [0, 0.05) is 42.0 Å². The van der Waals surface area contributed by atoms with Gasteiger partial charge in [0.1, 0.15) is 12.2 Å². The number of fused-ring (bicyclic) bond motifs is 1. The number of nitrogens with two attached hydrogens (primary N) is 1. The molecule has 0 spiro atoms. The Hall–Kier alpha value is -3.79. The average Bonchev–Trinajstić information content (AvgIpc) is 3.89. The van der Waals surface area contributed by atoms with Gasteiger partial charge in [0.05, 0.1) is 65.5 Å². The van der Waals surface area contributed by atoms with Crippen LogP contribution in [0.2, 0.25) is 5.02 Å². The number of nitrogens with zero attached hydrogens (tertiary/aromatic N) is 8. The number of quaternary nitrogens is 1. The van der Waals surface area contributed by atoms with Gasteiger partial charge >= 0.3 is 29.6 Å². The Labute approximate surface area is 338 Å². The Bertz CT molecular complexity index is 1970. The Kier molecular flexibility index (Phi) is 12.4. The van der Waals surface area contributed by atoms with Crippen LogP contribution >= 0.6 is 34.7 Å². The molecule has 0 saturated carbocycles. The van der Waals surface area contributed by atoms with E-state index in [9.17, 15) is 34.5 Å². The number of likely N-dealkylation sites (tertiary alicyclic amines) is 1. The van der Waals surface area contributed by atoms with E-state index in [1.165, 1.54) is 31.0 Å². The molecule has 5 N–H and O–H groups in total. The summed E-state index contributed by atoms with van der Waals surface area (Å²) in [6.07, 6.45) is 1.66. The smallest absolute Gasteiger partial charge is 0.546 e. The zero-order valence-corrected chi connectivity index (χ0v) is 33.3. The predicted octanol–water partition coefficient (Wildman–Crippen LogP) is -2.87. The van der Waals surface area contributed by atoms with Crippen molar-refractivity contribution in [2.45, 2.75) is 44.1 Å². The van der Waals surface area contributed by atoms with Gasteiger partial charge < -0.3 is 45.6 Å². The number of hydrogen-bond acceptors (Lipinski definition) is 16. The van der Waals surface area contributed by atoms with Crippen LogP contribution in [0.1, 0.15) is 55.0 Å². The number of nitrogens with one attached hydrogen (secondary N) is 1. The molecule has 22 heteroatoms. The number of aromatic hydroxyl groups is 2. The minimum Gasteiger partial charge on any atom is -0.546 e. The van der Waals surface area contributed by atoms with Crippen LogP contribution in [-0.4, -0.2) is 119 Å². The molecule has 0 bridgehead atoms. The molecule has 6 rings (SSSR count). The van der Waals surface area contributed by atoms with E-state index < -0.39 is 46.1 Å². The number of phenolic OH excluding ortho intramolecular Hbond substituents is 2. The molecule has 2 aromatic heterocycles. The molecule has 18 nitrogen and oxygen atoms in total. The Morgan fingerprint density at radius 2 is 1.96 bits per heavy atom. The number of amides is 2. The van der Waals surface area contributed by atoms with Gasteiger partial charge in [-0.05, 0) is 19.9 Å². The number of phenols is 2. The molecule has 53 heavy (non-hydrogen) atoms. The second kappa shape index (κ2) is 16.3. The Morgan fingerprint density at radius 1 is 1.25 bits per heavy atom.